The van der Waals surface area contributed by atoms with Gasteiger partial charge in [0.1, 0.15) is 5.75 Å². The molecule has 0 saturated carbocycles. The zero-order valence-corrected chi connectivity index (χ0v) is 15.0. The highest BCUT2D eigenvalue weighted by atomic mass is 79.9. The Morgan fingerprint density at radius 2 is 1.90 bits per heavy atom. The summed E-state index contributed by atoms with van der Waals surface area (Å²) in [6, 6.07) is 4.37. The molecule has 4 nitrogen and oxygen atoms in total. The van der Waals surface area contributed by atoms with Crippen molar-refractivity contribution in [1.29, 1.82) is 0 Å². The SMILES string of the molecule is CCOC(=O)COc1c(Br)cc(CNC(C)C)cc1Br. The molecule has 0 spiro atoms. The van der Waals surface area contributed by atoms with Gasteiger partial charge in [-0.2, -0.15) is 0 Å². The molecule has 0 bridgehead atoms. The Labute approximate surface area is 136 Å². The second-order valence-electron chi connectivity index (χ2n) is 4.52. The normalized spacial score (nSPS) is 10.7. The van der Waals surface area contributed by atoms with Crippen molar-refractivity contribution >= 4 is 37.8 Å². The molecule has 0 atom stereocenters. The van der Waals surface area contributed by atoms with Crippen LogP contribution in [0.5, 0.6) is 5.75 Å². The number of benzene rings is 1. The molecule has 0 unspecified atom stereocenters. The Kier molecular flexibility index (Phi) is 7.55. The lowest BCUT2D eigenvalue weighted by molar-refractivity contribution is -0.145. The van der Waals surface area contributed by atoms with Crippen molar-refractivity contribution in [3.8, 4) is 5.75 Å². The molecule has 0 amide bonds. The Morgan fingerprint density at radius 1 is 1.30 bits per heavy atom. The van der Waals surface area contributed by atoms with E-state index in [9.17, 15) is 4.79 Å². The maximum Gasteiger partial charge on any atom is 0.344 e. The van der Waals surface area contributed by atoms with Crippen molar-refractivity contribution in [2.75, 3.05) is 13.2 Å². The molecule has 0 radical (unpaired) electrons. The summed E-state index contributed by atoms with van der Waals surface area (Å²) in [6.45, 7) is 6.98. The summed E-state index contributed by atoms with van der Waals surface area (Å²) in [7, 11) is 0. The number of hydrogen-bond acceptors (Lipinski definition) is 4. The second-order valence-corrected chi connectivity index (χ2v) is 6.23. The van der Waals surface area contributed by atoms with Gasteiger partial charge in [0, 0.05) is 12.6 Å². The highest BCUT2D eigenvalue weighted by Gasteiger charge is 2.11. The van der Waals surface area contributed by atoms with Crippen LogP contribution in [0.25, 0.3) is 0 Å². The lowest BCUT2D eigenvalue weighted by Gasteiger charge is -2.13. The van der Waals surface area contributed by atoms with Crippen LogP contribution in [0.3, 0.4) is 0 Å². The predicted molar refractivity (Wildman–Crippen MR) is 85.9 cm³/mol. The average molecular weight is 409 g/mol. The number of nitrogens with one attached hydrogen (secondary N) is 1. The summed E-state index contributed by atoms with van der Waals surface area (Å²) in [6.07, 6.45) is 0. The molecule has 0 aromatic heterocycles. The number of carbonyl (C=O) groups excluding carboxylic acids is 1. The van der Waals surface area contributed by atoms with E-state index in [1.54, 1.807) is 6.92 Å². The van der Waals surface area contributed by atoms with Gasteiger partial charge in [-0.1, -0.05) is 13.8 Å². The molecular weight excluding hydrogens is 390 g/mol. The van der Waals surface area contributed by atoms with Crippen LogP contribution < -0.4 is 10.1 Å². The molecule has 0 heterocycles. The highest BCUT2D eigenvalue weighted by molar-refractivity contribution is 9.11. The number of ether oxygens (including phenoxy) is 2. The van der Waals surface area contributed by atoms with Crippen molar-refractivity contribution < 1.29 is 14.3 Å². The third-order valence-electron chi connectivity index (χ3n) is 2.41. The molecule has 1 aromatic rings. The van der Waals surface area contributed by atoms with Crippen LogP contribution in [0.15, 0.2) is 21.1 Å². The van der Waals surface area contributed by atoms with E-state index in [4.69, 9.17) is 9.47 Å². The van der Waals surface area contributed by atoms with Crippen LogP contribution >= 0.6 is 31.9 Å². The monoisotopic (exact) mass is 407 g/mol. The van der Waals surface area contributed by atoms with Crippen molar-refractivity contribution in [2.45, 2.75) is 33.4 Å². The first-order valence-electron chi connectivity index (χ1n) is 6.43. The minimum Gasteiger partial charge on any atom is -0.480 e. The van der Waals surface area contributed by atoms with Gasteiger partial charge in [-0.05, 0) is 56.5 Å². The standard InChI is InChI=1S/C14H19Br2NO3/c1-4-19-13(18)8-20-14-11(15)5-10(6-12(14)16)7-17-9(2)3/h5-6,9,17H,4,7-8H2,1-3H3. The van der Waals surface area contributed by atoms with Crippen LogP contribution in [-0.4, -0.2) is 25.2 Å². The number of halogens is 2. The van der Waals surface area contributed by atoms with Crippen LogP contribution in [0.4, 0.5) is 0 Å². The van der Waals surface area contributed by atoms with Crippen molar-refractivity contribution in [2.24, 2.45) is 0 Å². The zero-order valence-electron chi connectivity index (χ0n) is 11.8. The van der Waals surface area contributed by atoms with Gasteiger partial charge in [-0.25, -0.2) is 4.79 Å². The van der Waals surface area contributed by atoms with Gasteiger partial charge < -0.3 is 14.8 Å². The van der Waals surface area contributed by atoms with E-state index in [1.807, 2.05) is 12.1 Å². The topological polar surface area (TPSA) is 47.6 Å². The average Bonchev–Trinajstić information content (AvgIpc) is 2.35. The first-order valence-corrected chi connectivity index (χ1v) is 8.02. The smallest absolute Gasteiger partial charge is 0.344 e. The summed E-state index contributed by atoms with van der Waals surface area (Å²) in [4.78, 5) is 11.3. The number of esters is 1. The maximum absolute atomic E-state index is 11.3. The molecule has 0 saturated heterocycles. The molecule has 1 aromatic carbocycles. The van der Waals surface area contributed by atoms with Gasteiger partial charge in [0.05, 0.1) is 15.6 Å². The van der Waals surface area contributed by atoms with Gasteiger partial charge in [0.15, 0.2) is 6.61 Å². The summed E-state index contributed by atoms with van der Waals surface area (Å²) in [5.74, 6) is 0.225. The zero-order chi connectivity index (χ0) is 15.1. The third-order valence-corrected chi connectivity index (χ3v) is 3.59. The fraction of sp³-hybridized carbons (Fsp3) is 0.500. The molecule has 0 fully saturated rings. The van der Waals surface area contributed by atoms with Crippen LogP contribution in [-0.2, 0) is 16.1 Å². The largest absolute Gasteiger partial charge is 0.480 e. The Hall–Kier alpha value is -0.590. The molecule has 1 rings (SSSR count). The highest BCUT2D eigenvalue weighted by Crippen LogP contribution is 2.34. The van der Waals surface area contributed by atoms with Gasteiger partial charge in [-0.3, -0.25) is 0 Å². The number of hydrogen-bond donors (Lipinski definition) is 1. The number of carbonyl (C=O) groups is 1. The maximum atomic E-state index is 11.3. The molecule has 112 valence electrons. The molecule has 0 aliphatic heterocycles. The number of rotatable bonds is 7. The molecule has 0 aliphatic carbocycles. The predicted octanol–water partition coefficient (Wildman–Crippen LogP) is 3.65. The molecule has 0 aliphatic rings. The van der Waals surface area contributed by atoms with Crippen LogP contribution in [0.2, 0.25) is 0 Å². The second kappa shape index (κ2) is 8.64. The van der Waals surface area contributed by atoms with Gasteiger partial charge in [0.2, 0.25) is 0 Å². The lowest BCUT2D eigenvalue weighted by Crippen LogP contribution is -2.21. The first-order chi connectivity index (χ1) is 9.43. The molecular formula is C14H19Br2NO3. The van der Waals surface area contributed by atoms with Gasteiger partial charge in [0.25, 0.3) is 0 Å². The van der Waals surface area contributed by atoms with E-state index in [-0.39, 0.29) is 12.6 Å². The summed E-state index contributed by atoms with van der Waals surface area (Å²) in [5, 5.41) is 3.35. The van der Waals surface area contributed by atoms with E-state index in [0.717, 1.165) is 21.1 Å². The Bertz CT molecular complexity index is 441. The Morgan fingerprint density at radius 3 is 2.40 bits per heavy atom. The van der Waals surface area contributed by atoms with Crippen LogP contribution in [0, 0.1) is 0 Å². The van der Waals surface area contributed by atoms with Gasteiger partial charge in [-0.15, -0.1) is 0 Å². The van der Waals surface area contributed by atoms with Gasteiger partial charge >= 0.3 is 5.97 Å². The molecule has 20 heavy (non-hydrogen) atoms. The van der Waals surface area contributed by atoms with E-state index in [1.165, 1.54) is 0 Å². The van der Waals surface area contributed by atoms with Crippen molar-refractivity contribution in [3.63, 3.8) is 0 Å². The minimum absolute atomic E-state index is 0.103. The first kappa shape index (κ1) is 17.5. The quantitative estimate of drug-likeness (QED) is 0.699. The van der Waals surface area contributed by atoms with Crippen molar-refractivity contribution in [3.05, 3.63) is 26.6 Å². The summed E-state index contributed by atoms with van der Waals surface area (Å²) >= 11 is 6.92. The summed E-state index contributed by atoms with van der Waals surface area (Å²) < 4.78 is 11.9. The van der Waals surface area contributed by atoms with E-state index in [2.05, 4.69) is 51.0 Å². The third kappa shape index (κ3) is 5.81. The fourth-order valence-corrected chi connectivity index (χ4v) is 3.02. The fourth-order valence-electron chi connectivity index (χ4n) is 1.51. The Balaban J connectivity index is 2.71. The van der Waals surface area contributed by atoms with E-state index in [0.29, 0.717) is 18.4 Å². The van der Waals surface area contributed by atoms with Crippen molar-refractivity contribution in [1.82, 2.24) is 5.32 Å². The molecule has 1 N–H and O–H groups in total. The van der Waals surface area contributed by atoms with E-state index < -0.39 is 0 Å². The van der Waals surface area contributed by atoms with E-state index >= 15 is 0 Å². The summed E-state index contributed by atoms with van der Waals surface area (Å²) in [5.41, 5.74) is 1.13. The minimum atomic E-state index is -0.378. The molecule has 6 heteroatoms. The lowest BCUT2D eigenvalue weighted by atomic mass is 10.2. The van der Waals surface area contributed by atoms with Crippen LogP contribution in [0.1, 0.15) is 26.3 Å².